The Balaban J connectivity index is 1.61. The van der Waals surface area contributed by atoms with Crippen molar-refractivity contribution >= 4 is 17.7 Å². The lowest BCUT2D eigenvalue weighted by molar-refractivity contribution is -0.120. The van der Waals surface area contributed by atoms with E-state index < -0.39 is 0 Å². The van der Waals surface area contributed by atoms with Crippen LogP contribution in [0.3, 0.4) is 0 Å². The Labute approximate surface area is 167 Å². The fourth-order valence-electron chi connectivity index (χ4n) is 2.56. The molecule has 1 amide bonds. The summed E-state index contributed by atoms with van der Waals surface area (Å²) < 4.78 is 20.0. The van der Waals surface area contributed by atoms with E-state index in [4.69, 9.17) is 4.74 Å². The summed E-state index contributed by atoms with van der Waals surface area (Å²) in [5, 5.41) is 11.6. The predicted octanol–water partition coefficient (Wildman–Crippen LogP) is 3.43. The Bertz CT molecular complexity index is 942. The van der Waals surface area contributed by atoms with Crippen molar-refractivity contribution in [1.82, 2.24) is 20.1 Å². The number of amides is 1. The SMILES string of the molecule is COc1ccc(-c2nnc(S[C@H](C)C(=O)NCc3ccc(F)cc3)n2C)cc1. The van der Waals surface area contributed by atoms with Crippen molar-refractivity contribution in [2.45, 2.75) is 23.9 Å². The van der Waals surface area contributed by atoms with Crippen molar-refractivity contribution in [2.24, 2.45) is 7.05 Å². The molecule has 1 N–H and O–H groups in total. The van der Waals surface area contributed by atoms with Crippen LogP contribution in [0, 0.1) is 5.82 Å². The van der Waals surface area contributed by atoms with Crippen molar-refractivity contribution in [2.75, 3.05) is 7.11 Å². The number of carbonyl (C=O) groups excluding carboxylic acids is 1. The quantitative estimate of drug-likeness (QED) is 0.616. The van der Waals surface area contributed by atoms with Gasteiger partial charge in [0, 0.05) is 19.2 Å². The molecule has 3 aromatic rings. The number of hydrogen-bond acceptors (Lipinski definition) is 5. The van der Waals surface area contributed by atoms with Gasteiger partial charge in [0.1, 0.15) is 11.6 Å². The topological polar surface area (TPSA) is 69.0 Å². The van der Waals surface area contributed by atoms with E-state index in [9.17, 15) is 9.18 Å². The van der Waals surface area contributed by atoms with Crippen LogP contribution in [0.2, 0.25) is 0 Å². The van der Waals surface area contributed by atoms with Crippen molar-refractivity contribution < 1.29 is 13.9 Å². The lowest BCUT2D eigenvalue weighted by Crippen LogP contribution is -2.30. The molecular weight excluding hydrogens is 379 g/mol. The number of carbonyl (C=O) groups is 1. The summed E-state index contributed by atoms with van der Waals surface area (Å²) in [4.78, 5) is 12.4. The smallest absolute Gasteiger partial charge is 0.233 e. The summed E-state index contributed by atoms with van der Waals surface area (Å²) in [5.41, 5.74) is 1.75. The average Bonchev–Trinajstić information content (AvgIpc) is 3.07. The van der Waals surface area contributed by atoms with Gasteiger partial charge in [-0.05, 0) is 48.9 Å². The number of aromatic nitrogens is 3. The van der Waals surface area contributed by atoms with Crippen LogP contribution in [-0.2, 0) is 18.4 Å². The van der Waals surface area contributed by atoms with Crippen molar-refractivity contribution in [3.8, 4) is 17.1 Å². The zero-order valence-electron chi connectivity index (χ0n) is 15.8. The fraction of sp³-hybridized carbons (Fsp3) is 0.250. The van der Waals surface area contributed by atoms with E-state index in [2.05, 4.69) is 15.5 Å². The van der Waals surface area contributed by atoms with Crippen LogP contribution in [0.1, 0.15) is 12.5 Å². The zero-order chi connectivity index (χ0) is 20.1. The summed E-state index contributed by atoms with van der Waals surface area (Å²) in [7, 11) is 3.49. The normalized spacial score (nSPS) is 11.9. The van der Waals surface area contributed by atoms with Crippen molar-refractivity contribution in [1.29, 1.82) is 0 Å². The summed E-state index contributed by atoms with van der Waals surface area (Å²) in [5.74, 6) is 1.06. The first-order valence-electron chi connectivity index (χ1n) is 8.70. The number of benzene rings is 2. The second-order valence-electron chi connectivity index (χ2n) is 6.20. The first-order chi connectivity index (χ1) is 13.5. The highest BCUT2D eigenvalue weighted by Gasteiger charge is 2.19. The Kier molecular flexibility index (Phi) is 6.30. The predicted molar refractivity (Wildman–Crippen MR) is 107 cm³/mol. The van der Waals surface area contributed by atoms with Crippen molar-refractivity contribution in [3.63, 3.8) is 0 Å². The monoisotopic (exact) mass is 400 g/mol. The lowest BCUT2D eigenvalue weighted by Gasteiger charge is -2.12. The maximum absolute atomic E-state index is 12.9. The molecule has 0 spiro atoms. The minimum Gasteiger partial charge on any atom is -0.497 e. The molecule has 0 saturated carbocycles. The molecule has 0 radical (unpaired) electrons. The van der Waals surface area contributed by atoms with Gasteiger partial charge in [-0.1, -0.05) is 23.9 Å². The van der Waals surface area contributed by atoms with Crippen LogP contribution in [0.25, 0.3) is 11.4 Å². The van der Waals surface area contributed by atoms with Gasteiger partial charge >= 0.3 is 0 Å². The molecule has 146 valence electrons. The van der Waals surface area contributed by atoms with Gasteiger partial charge in [0.25, 0.3) is 0 Å². The van der Waals surface area contributed by atoms with Crippen LogP contribution >= 0.6 is 11.8 Å². The second kappa shape index (κ2) is 8.88. The van der Waals surface area contributed by atoms with Crippen LogP contribution in [-0.4, -0.2) is 33.0 Å². The van der Waals surface area contributed by atoms with Crippen molar-refractivity contribution in [3.05, 3.63) is 59.9 Å². The molecule has 8 heteroatoms. The third-order valence-electron chi connectivity index (χ3n) is 4.21. The van der Waals surface area contributed by atoms with Crippen LogP contribution in [0.4, 0.5) is 4.39 Å². The van der Waals surface area contributed by atoms with E-state index >= 15 is 0 Å². The highest BCUT2D eigenvalue weighted by molar-refractivity contribution is 8.00. The third kappa shape index (κ3) is 4.69. The van der Waals surface area contributed by atoms with Gasteiger partial charge in [0.05, 0.1) is 12.4 Å². The second-order valence-corrected chi connectivity index (χ2v) is 7.51. The largest absolute Gasteiger partial charge is 0.497 e. The lowest BCUT2D eigenvalue weighted by atomic mass is 10.2. The van der Waals surface area contributed by atoms with Crippen LogP contribution < -0.4 is 10.1 Å². The molecule has 0 aliphatic rings. The number of halogens is 1. The molecule has 28 heavy (non-hydrogen) atoms. The van der Waals surface area contributed by atoms with E-state index in [1.165, 1.54) is 23.9 Å². The molecule has 2 aromatic carbocycles. The molecule has 0 saturated heterocycles. The number of nitrogens with zero attached hydrogens (tertiary/aromatic N) is 3. The molecule has 6 nitrogen and oxygen atoms in total. The Morgan fingerprint density at radius 2 is 1.86 bits per heavy atom. The highest BCUT2D eigenvalue weighted by Crippen LogP contribution is 2.26. The van der Waals surface area contributed by atoms with Gasteiger partial charge in [0.15, 0.2) is 11.0 Å². The van der Waals surface area contributed by atoms with E-state index in [-0.39, 0.29) is 17.0 Å². The summed E-state index contributed by atoms with van der Waals surface area (Å²) in [6.45, 7) is 2.16. The number of rotatable bonds is 7. The van der Waals surface area contributed by atoms with E-state index in [1.807, 2.05) is 42.8 Å². The van der Waals surface area contributed by atoms with Gasteiger partial charge in [-0.15, -0.1) is 10.2 Å². The minimum absolute atomic E-state index is 0.122. The standard InChI is InChI=1S/C20H21FN4O2S/c1-13(19(26)22-12-14-4-8-16(21)9-5-14)28-20-24-23-18(25(20)2)15-6-10-17(27-3)11-7-15/h4-11,13H,12H2,1-3H3,(H,22,26)/t13-/m1/s1. The summed E-state index contributed by atoms with van der Waals surface area (Å²) >= 11 is 1.33. The van der Waals surface area contributed by atoms with E-state index in [0.29, 0.717) is 17.5 Å². The van der Waals surface area contributed by atoms with Crippen LogP contribution in [0.5, 0.6) is 5.75 Å². The molecule has 0 fully saturated rings. The maximum Gasteiger partial charge on any atom is 0.233 e. The van der Waals surface area contributed by atoms with Gasteiger partial charge in [-0.2, -0.15) is 0 Å². The number of thioether (sulfide) groups is 1. The van der Waals surface area contributed by atoms with Gasteiger partial charge in [-0.25, -0.2) is 4.39 Å². The molecule has 0 unspecified atom stereocenters. The molecule has 0 bridgehead atoms. The van der Waals surface area contributed by atoms with E-state index in [0.717, 1.165) is 16.9 Å². The Morgan fingerprint density at radius 1 is 1.18 bits per heavy atom. The molecule has 3 rings (SSSR count). The fourth-order valence-corrected chi connectivity index (χ4v) is 3.39. The van der Waals surface area contributed by atoms with Gasteiger partial charge < -0.3 is 14.6 Å². The van der Waals surface area contributed by atoms with Gasteiger partial charge in [0.2, 0.25) is 5.91 Å². The molecule has 1 heterocycles. The number of hydrogen-bond donors (Lipinski definition) is 1. The van der Waals surface area contributed by atoms with Crippen LogP contribution in [0.15, 0.2) is 53.7 Å². The molecule has 0 aliphatic carbocycles. The number of methoxy groups -OCH3 is 1. The third-order valence-corrected chi connectivity index (χ3v) is 5.35. The molecule has 1 aromatic heterocycles. The Hall–Kier alpha value is -2.87. The molecular formula is C20H21FN4O2S. The first-order valence-corrected chi connectivity index (χ1v) is 9.58. The molecule has 0 aliphatic heterocycles. The number of ether oxygens (including phenoxy) is 1. The minimum atomic E-state index is -0.355. The molecule has 1 atom stereocenters. The summed E-state index contributed by atoms with van der Waals surface area (Å²) in [6, 6.07) is 13.6. The average molecular weight is 400 g/mol. The highest BCUT2D eigenvalue weighted by atomic mass is 32.2. The first kappa shape index (κ1) is 19.9. The zero-order valence-corrected chi connectivity index (χ0v) is 16.7. The Morgan fingerprint density at radius 3 is 2.50 bits per heavy atom. The van der Waals surface area contributed by atoms with Gasteiger partial charge in [-0.3, -0.25) is 4.79 Å². The van der Waals surface area contributed by atoms with E-state index in [1.54, 1.807) is 19.2 Å². The maximum atomic E-state index is 12.9. The number of nitrogens with one attached hydrogen (secondary N) is 1. The summed E-state index contributed by atoms with van der Waals surface area (Å²) in [6.07, 6.45) is 0.